The van der Waals surface area contributed by atoms with Gasteiger partial charge in [0.15, 0.2) is 0 Å². The van der Waals surface area contributed by atoms with Crippen LogP contribution in [-0.4, -0.2) is 53.9 Å². The number of piperazine rings is 1. The van der Waals surface area contributed by atoms with Crippen LogP contribution in [0.5, 0.6) is 0 Å². The molecule has 0 atom stereocenters. The Bertz CT molecular complexity index is 598. The molecule has 3 heterocycles. The molecule has 106 valence electrons. The lowest BCUT2D eigenvalue weighted by Crippen LogP contribution is -2.47. The number of aryl methyl sites for hydroxylation is 1. The zero-order valence-electron chi connectivity index (χ0n) is 11.6. The minimum absolute atomic E-state index is 0.134. The fourth-order valence-corrected chi connectivity index (χ4v) is 4.00. The number of thiophene rings is 1. The lowest BCUT2D eigenvalue weighted by Gasteiger charge is -2.32. The van der Waals surface area contributed by atoms with Crippen LogP contribution in [0.15, 0.2) is 16.8 Å². The maximum absolute atomic E-state index is 12.6. The molecule has 0 N–H and O–H groups in total. The zero-order valence-corrected chi connectivity index (χ0v) is 13.3. The molecule has 0 aromatic carbocycles. The van der Waals surface area contributed by atoms with E-state index >= 15 is 0 Å². The third kappa shape index (κ3) is 2.63. The Balaban J connectivity index is 1.81. The Morgan fingerprint density at radius 2 is 2.05 bits per heavy atom. The van der Waals surface area contributed by atoms with Gasteiger partial charge in [0.05, 0.1) is 5.69 Å². The van der Waals surface area contributed by atoms with Crippen LogP contribution in [0.2, 0.25) is 0 Å². The maximum atomic E-state index is 12.6. The van der Waals surface area contributed by atoms with Crippen molar-refractivity contribution in [3.05, 3.63) is 27.4 Å². The average Bonchev–Trinajstić information content (AvgIpc) is 3.08. The third-order valence-corrected chi connectivity index (χ3v) is 5.43. The average molecular weight is 307 g/mol. The molecule has 1 aliphatic heterocycles. The van der Waals surface area contributed by atoms with Gasteiger partial charge in [0.25, 0.3) is 5.91 Å². The van der Waals surface area contributed by atoms with Crippen LogP contribution < -0.4 is 0 Å². The van der Waals surface area contributed by atoms with E-state index in [0.29, 0.717) is 0 Å². The molecule has 3 rings (SSSR count). The van der Waals surface area contributed by atoms with E-state index in [1.807, 2.05) is 23.3 Å². The van der Waals surface area contributed by atoms with E-state index in [0.717, 1.165) is 47.3 Å². The number of carbonyl (C=O) groups is 1. The van der Waals surface area contributed by atoms with E-state index in [1.54, 1.807) is 11.3 Å². The number of nitrogens with zero attached hydrogens (tertiary/aromatic N) is 3. The standard InChI is InChI=1S/C14H17N3OS2/c1-10-12(14(18)17-6-4-16(2)5-7-17)20-13(15-10)11-3-8-19-9-11/h3,8-9H,4-7H2,1-2H3. The minimum atomic E-state index is 0.134. The summed E-state index contributed by atoms with van der Waals surface area (Å²) in [5.74, 6) is 0.134. The van der Waals surface area contributed by atoms with Gasteiger partial charge in [-0.1, -0.05) is 0 Å². The molecule has 0 radical (unpaired) electrons. The van der Waals surface area contributed by atoms with Crippen LogP contribution in [0, 0.1) is 6.92 Å². The molecule has 2 aromatic heterocycles. The first-order chi connectivity index (χ1) is 9.65. The van der Waals surface area contributed by atoms with Crippen LogP contribution >= 0.6 is 22.7 Å². The van der Waals surface area contributed by atoms with E-state index in [2.05, 4.69) is 22.3 Å². The van der Waals surface area contributed by atoms with E-state index < -0.39 is 0 Å². The Morgan fingerprint density at radius 3 is 2.70 bits per heavy atom. The Morgan fingerprint density at radius 1 is 1.30 bits per heavy atom. The van der Waals surface area contributed by atoms with Gasteiger partial charge in [0.1, 0.15) is 9.88 Å². The molecule has 0 bridgehead atoms. The van der Waals surface area contributed by atoms with Crippen LogP contribution in [0.3, 0.4) is 0 Å². The molecule has 20 heavy (non-hydrogen) atoms. The molecular formula is C14H17N3OS2. The van der Waals surface area contributed by atoms with Crippen molar-refractivity contribution in [3.8, 4) is 10.6 Å². The highest BCUT2D eigenvalue weighted by atomic mass is 32.1. The van der Waals surface area contributed by atoms with E-state index in [1.165, 1.54) is 11.3 Å². The fourth-order valence-electron chi connectivity index (χ4n) is 2.26. The van der Waals surface area contributed by atoms with E-state index in [9.17, 15) is 4.79 Å². The van der Waals surface area contributed by atoms with Crippen LogP contribution in [0.4, 0.5) is 0 Å². The summed E-state index contributed by atoms with van der Waals surface area (Å²) in [5.41, 5.74) is 1.96. The molecule has 6 heteroatoms. The van der Waals surface area contributed by atoms with Gasteiger partial charge in [-0.15, -0.1) is 11.3 Å². The van der Waals surface area contributed by atoms with Crippen molar-refractivity contribution in [1.82, 2.24) is 14.8 Å². The monoisotopic (exact) mass is 307 g/mol. The van der Waals surface area contributed by atoms with Crippen molar-refractivity contribution in [3.63, 3.8) is 0 Å². The number of hydrogen-bond acceptors (Lipinski definition) is 5. The summed E-state index contributed by atoms with van der Waals surface area (Å²) >= 11 is 3.16. The predicted molar refractivity (Wildman–Crippen MR) is 83.6 cm³/mol. The van der Waals surface area contributed by atoms with Gasteiger partial charge in [-0.25, -0.2) is 4.98 Å². The van der Waals surface area contributed by atoms with Crippen molar-refractivity contribution < 1.29 is 4.79 Å². The third-order valence-electron chi connectivity index (χ3n) is 3.55. The highest BCUT2D eigenvalue weighted by Crippen LogP contribution is 2.30. The van der Waals surface area contributed by atoms with Gasteiger partial charge in [0, 0.05) is 37.1 Å². The van der Waals surface area contributed by atoms with Crippen molar-refractivity contribution in [2.45, 2.75) is 6.92 Å². The number of carbonyl (C=O) groups excluding carboxylic acids is 1. The Hall–Kier alpha value is -1.24. The number of aromatic nitrogens is 1. The number of thiazole rings is 1. The van der Waals surface area contributed by atoms with Crippen molar-refractivity contribution in [2.24, 2.45) is 0 Å². The summed E-state index contributed by atoms with van der Waals surface area (Å²) in [5, 5.41) is 5.05. The first kappa shape index (κ1) is 13.7. The second-order valence-corrected chi connectivity index (χ2v) is 6.82. The SMILES string of the molecule is Cc1nc(-c2ccsc2)sc1C(=O)N1CCN(C)CC1. The van der Waals surface area contributed by atoms with Gasteiger partial charge in [-0.3, -0.25) is 4.79 Å². The molecule has 0 saturated carbocycles. The first-order valence-corrected chi connectivity index (χ1v) is 8.39. The second kappa shape index (κ2) is 5.63. The molecule has 1 saturated heterocycles. The van der Waals surface area contributed by atoms with E-state index in [4.69, 9.17) is 0 Å². The quantitative estimate of drug-likeness (QED) is 0.855. The predicted octanol–water partition coefficient (Wildman–Crippen LogP) is 2.57. The largest absolute Gasteiger partial charge is 0.335 e. The van der Waals surface area contributed by atoms with Crippen LogP contribution in [0.25, 0.3) is 10.6 Å². The zero-order chi connectivity index (χ0) is 14.1. The maximum Gasteiger partial charge on any atom is 0.265 e. The molecule has 0 unspecified atom stereocenters. The summed E-state index contributed by atoms with van der Waals surface area (Å²) in [4.78, 5) is 22.1. The minimum Gasteiger partial charge on any atom is -0.335 e. The van der Waals surface area contributed by atoms with Crippen LogP contribution in [-0.2, 0) is 0 Å². The topological polar surface area (TPSA) is 36.4 Å². The van der Waals surface area contributed by atoms with Gasteiger partial charge in [0.2, 0.25) is 0 Å². The first-order valence-electron chi connectivity index (χ1n) is 6.63. The number of hydrogen-bond donors (Lipinski definition) is 0. The van der Waals surface area contributed by atoms with Crippen molar-refractivity contribution >= 4 is 28.6 Å². The molecular weight excluding hydrogens is 290 g/mol. The summed E-state index contributed by atoms with van der Waals surface area (Å²) in [6, 6.07) is 2.05. The molecule has 0 aliphatic carbocycles. The summed E-state index contributed by atoms with van der Waals surface area (Å²) in [7, 11) is 2.09. The summed E-state index contributed by atoms with van der Waals surface area (Å²) in [6.07, 6.45) is 0. The lowest BCUT2D eigenvalue weighted by molar-refractivity contribution is 0.0668. The molecule has 1 aliphatic rings. The Labute approximate surface area is 126 Å². The van der Waals surface area contributed by atoms with Gasteiger partial charge < -0.3 is 9.80 Å². The number of rotatable bonds is 2. The molecule has 2 aromatic rings. The van der Waals surface area contributed by atoms with Gasteiger partial charge >= 0.3 is 0 Å². The second-order valence-electron chi connectivity index (χ2n) is 5.04. The normalized spacial score (nSPS) is 16.6. The number of amides is 1. The highest BCUT2D eigenvalue weighted by molar-refractivity contribution is 7.17. The summed E-state index contributed by atoms with van der Waals surface area (Å²) in [6.45, 7) is 5.43. The molecule has 1 fully saturated rings. The van der Waals surface area contributed by atoms with Gasteiger partial charge in [-0.2, -0.15) is 11.3 Å². The Kier molecular flexibility index (Phi) is 3.87. The fraction of sp³-hybridized carbons (Fsp3) is 0.429. The lowest BCUT2D eigenvalue weighted by atomic mass is 10.3. The molecule has 0 spiro atoms. The molecule has 4 nitrogen and oxygen atoms in total. The number of likely N-dealkylation sites (N-methyl/N-ethyl adjacent to an activating group) is 1. The van der Waals surface area contributed by atoms with Crippen molar-refractivity contribution in [1.29, 1.82) is 0 Å². The summed E-state index contributed by atoms with van der Waals surface area (Å²) < 4.78 is 0. The smallest absolute Gasteiger partial charge is 0.265 e. The van der Waals surface area contributed by atoms with Crippen molar-refractivity contribution in [2.75, 3.05) is 33.2 Å². The molecule has 1 amide bonds. The van der Waals surface area contributed by atoms with Crippen LogP contribution in [0.1, 0.15) is 15.4 Å². The van der Waals surface area contributed by atoms with Gasteiger partial charge in [-0.05, 0) is 25.4 Å². The highest BCUT2D eigenvalue weighted by Gasteiger charge is 2.24. The van der Waals surface area contributed by atoms with E-state index in [-0.39, 0.29) is 5.91 Å².